The first-order valence-corrected chi connectivity index (χ1v) is 6.70. The second kappa shape index (κ2) is 5.72. The van der Waals surface area contributed by atoms with E-state index in [4.69, 9.17) is 11.6 Å². The van der Waals surface area contributed by atoms with Crippen LogP contribution in [0, 0.1) is 0 Å². The molecule has 1 N–H and O–H groups in total. The largest absolute Gasteiger partial charge is 0.342 e. The van der Waals surface area contributed by atoms with E-state index in [-0.39, 0.29) is 11.9 Å². The summed E-state index contributed by atoms with van der Waals surface area (Å²) in [5, 5.41) is 3.98. The quantitative estimate of drug-likeness (QED) is 0.889. The van der Waals surface area contributed by atoms with Crippen LogP contribution in [0.3, 0.4) is 0 Å². The predicted octanol–water partition coefficient (Wildman–Crippen LogP) is 2.61. The van der Waals surface area contributed by atoms with Crippen LogP contribution in [0.15, 0.2) is 24.3 Å². The van der Waals surface area contributed by atoms with E-state index >= 15 is 0 Å². The highest BCUT2D eigenvalue weighted by Crippen LogP contribution is 2.25. The minimum Gasteiger partial charge on any atom is -0.342 e. The number of likely N-dealkylation sites (N-methyl/N-ethyl adjacent to an activating group) is 1. The summed E-state index contributed by atoms with van der Waals surface area (Å²) >= 11 is 5.85. The van der Waals surface area contributed by atoms with Crippen molar-refractivity contribution in [1.29, 1.82) is 0 Å². The topological polar surface area (TPSA) is 32.3 Å². The molecule has 1 aromatic carbocycles. The van der Waals surface area contributed by atoms with Gasteiger partial charge in [-0.05, 0) is 37.5 Å². The van der Waals surface area contributed by atoms with Gasteiger partial charge in [-0.3, -0.25) is 4.79 Å². The lowest BCUT2D eigenvalue weighted by Gasteiger charge is -2.19. The van der Waals surface area contributed by atoms with Crippen LogP contribution in [0.4, 0.5) is 0 Å². The van der Waals surface area contributed by atoms with Crippen molar-refractivity contribution in [2.45, 2.75) is 31.8 Å². The summed E-state index contributed by atoms with van der Waals surface area (Å²) in [6.07, 6.45) is 2.30. The van der Waals surface area contributed by atoms with Crippen molar-refractivity contribution >= 4 is 17.5 Å². The zero-order chi connectivity index (χ0) is 13.1. The normalized spacial score (nSPS) is 16.4. The minimum absolute atomic E-state index is 0.152. The van der Waals surface area contributed by atoms with E-state index < -0.39 is 0 Å². The Morgan fingerprint density at radius 1 is 1.44 bits per heavy atom. The Morgan fingerprint density at radius 3 is 2.61 bits per heavy atom. The fourth-order valence-corrected chi connectivity index (χ4v) is 2.03. The van der Waals surface area contributed by atoms with Crippen molar-refractivity contribution in [3.8, 4) is 0 Å². The van der Waals surface area contributed by atoms with E-state index in [0.29, 0.717) is 12.6 Å². The summed E-state index contributed by atoms with van der Waals surface area (Å²) < 4.78 is 0. The van der Waals surface area contributed by atoms with Gasteiger partial charge in [-0.1, -0.05) is 23.7 Å². The molecule has 0 bridgehead atoms. The zero-order valence-electron chi connectivity index (χ0n) is 10.8. The third-order valence-electron chi connectivity index (χ3n) is 3.42. The fourth-order valence-electron chi connectivity index (χ4n) is 1.90. The maximum absolute atomic E-state index is 11.9. The maximum Gasteiger partial charge on any atom is 0.236 e. The smallest absolute Gasteiger partial charge is 0.236 e. The predicted molar refractivity (Wildman–Crippen MR) is 73.7 cm³/mol. The van der Waals surface area contributed by atoms with Gasteiger partial charge in [-0.25, -0.2) is 0 Å². The van der Waals surface area contributed by atoms with E-state index in [1.54, 1.807) is 0 Å². The van der Waals surface area contributed by atoms with Crippen LogP contribution < -0.4 is 5.32 Å². The fraction of sp³-hybridized carbons (Fsp3) is 0.500. The van der Waals surface area contributed by atoms with Crippen molar-refractivity contribution in [2.75, 3.05) is 13.6 Å². The van der Waals surface area contributed by atoms with Crippen LogP contribution in [-0.2, 0) is 4.79 Å². The number of rotatable bonds is 5. The first-order chi connectivity index (χ1) is 8.58. The molecule has 0 radical (unpaired) electrons. The average Bonchev–Trinajstić information content (AvgIpc) is 3.19. The summed E-state index contributed by atoms with van der Waals surface area (Å²) in [5.41, 5.74) is 1.14. The van der Waals surface area contributed by atoms with Crippen LogP contribution in [0.1, 0.15) is 31.4 Å². The first-order valence-electron chi connectivity index (χ1n) is 6.32. The third kappa shape index (κ3) is 3.47. The van der Waals surface area contributed by atoms with Crippen LogP contribution in [-0.4, -0.2) is 30.4 Å². The van der Waals surface area contributed by atoms with Crippen molar-refractivity contribution in [3.05, 3.63) is 34.9 Å². The zero-order valence-corrected chi connectivity index (χ0v) is 11.6. The monoisotopic (exact) mass is 266 g/mol. The van der Waals surface area contributed by atoms with E-state index in [2.05, 4.69) is 5.32 Å². The number of benzene rings is 1. The molecular formula is C14H19ClN2O. The van der Waals surface area contributed by atoms with Crippen LogP contribution in [0.25, 0.3) is 0 Å². The molecule has 3 nitrogen and oxygen atoms in total. The van der Waals surface area contributed by atoms with Crippen LogP contribution >= 0.6 is 11.6 Å². The van der Waals surface area contributed by atoms with Gasteiger partial charge in [0.15, 0.2) is 0 Å². The first kappa shape index (κ1) is 13.4. The van der Waals surface area contributed by atoms with Crippen molar-refractivity contribution in [2.24, 2.45) is 0 Å². The van der Waals surface area contributed by atoms with Gasteiger partial charge in [0.2, 0.25) is 5.91 Å². The van der Waals surface area contributed by atoms with Crippen LogP contribution in [0.2, 0.25) is 5.02 Å². The molecule has 2 rings (SSSR count). The Labute approximate surface area is 113 Å². The van der Waals surface area contributed by atoms with Gasteiger partial charge in [0.25, 0.3) is 0 Å². The number of nitrogens with one attached hydrogen (secondary N) is 1. The second-order valence-corrected chi connectivity index (χ2v) is 5.33. The van der Waals surface area contributed by atoms with Gasteiger partial charge in [0, 0.05) is 24.2 Å². The SMILES string of the molecule is CC(NCC(=O)N(C)C1CC1)c1ccc(Cl)cc1. The molecular weight excluding hydrogens is 248 g/mol. The number of hydrogen-bond acceptors (Lipinski definition) is 2. The Kier molecular flexibility index (Phi) is 4.25. The molecule has 1 unspecified atom stereocenters. The molecule has 1 fully saturated rings. The Balaban J connectivity index is 1.82. The van der Waals surface area contributed by atoms with E-state index in [1.165, 1.54) is 0 Å². The van der Waals surface area contributed by atoms with Crippen molar-refractivity contribution in [1.82, 2.24) is 10.2 Å². The maximum atomic E-state index is 11.9. The molecule has 4 heteroatoms. The number of carbonyl (C=O) groups is 1. The average molecular weight is 267 g/mol. The highest BCUT2D eigenvalue weighted by atomic mass is 35.5. The van der Waals surface area contributed by atoms with E-state index in [1.807, 2.05) is 43.1 Å². The lowest BCUT2D eigenvalue weighted by molar-refractivity contribution is -0.129. The Hall–Kier alpha value is -1.06. The summed E-state index contributed by atoms with van der Waals surface area (Å²) in [5.74, 6) is 0.165. The molecule has 98 valence electrons. The molecule has 1 amide bonds. The Bertz CT molecular complexity index is 414. The van der Waals surface area contributed by atoms with E-state index in [9.17, 15) is 4.79 Å². The minimum atomic E-state index is 0.152. The molecule has 1 atom stereocenters. The van der Waals surface area contributed by atoms with Gasteiger partial charge < -0.3 is 10.2 Å². The number of nitrogens with zero attached hydrogens (tertiary/aromatic N) is 1. The lowest BCUT2D eigenvalue weighted by Crippen LogP contribution is -2.37. The molecule has 18 heavy (non-hydrogen) atoms. The van der Waals surface area contributed by atoms with Crippen molar-refractivity contribution < 1.29 is 4.79 Å². The van der Waals surface area contributed by atoms with E-state index in [0.717, 1.165) is 23.4 Å². The van der Waals surface area contributed by atoms with Gasteiger partial charge in [-0.2, -0.15) is 0 Å². The summed E-state index contributed by atoms with van der Waals surface area (Å²) in [4.78, 5) is 13.7. The summed E-state index contributed by atoms with van der Waals surface area (Å²) in [6.45, 7) is 2.43. The number of carbonyl (C=O) groups excluding carboxylic acids is 1. The molecule has 1 aromatic rings. The highest BCUT2D eigenvalue weighted by Gasteiger charge is 2.29. The molecule has 0 heterocycles. The molecule has 0 aromatic heterocycles. The van der Waals surface area contributed by atoms with Gasteiger partial charge in [0.05, 0.1) is 6.54 Å². The molecule has 0 saturated heterocycles. The lowest BCUT2D eigenvalue weighted by atomic mass is 10.1. The second-order valence-electron chi connectivity index (χ2n) is 4.89. The number of hydrogen-bond donors (Lipinski definition) is 1. The molecule has 0 aliphatic heterocycles. The summed E-state index contributed by atoms with van der Waals surface area (Å²) in [7, 11) is 1.88. The highest BCUT2D eigenvalue weighted by molar-refractivity contribution is 6.30. The van der Waals surface area contributed by atoms with Gasteiger partial charge >= 0.3 is 0 Å². The van der Waals surface area contributed by atoms with Crippen LogP contribution in [0.5, 0.6) is 0 Å². The standard InChI is InChI=1S/C14H19ClN2O/c1-10(11-3-5-12(15)6-4-11)16-9-14(18)17(2)13-7-8-13/h3-6,10,13,16H,7-9H2,1-2H3. The molecule has 1 saturated carbocycles. The van der Waals surface area contributed by atoms with Gasteiger partial charge in [-0.15, -0.1) is 0 Å². The number of amides is 1. The summed E-state index contributed by atoms with van der Waals surface area (Å²) in [6, 6.07) is 8.33. The molecule has 1 aliphatic rings. The van der Waals surface area contributed by atoms with Crippen molar-refractivity contribution in [3.63, 3.8) is 0 Å². The number of halogens is 1. The Morgan fingerprint density at radius 2 is 2.06 bits per heavy atom. The van der Waals surface area contributed by atoms with Gasteiger partial charge in [0.1, 0.15) is 0 Å². The molecule has 0 spiro atoms. The third-order valence-corrected chi connectivity index (χ3v) is 3.67. The molecule has 1 aliphatic carbocycles.